The van der Waals surface area contributed by atoms with Crippen molar-refractivity contribution in [3.8, 4) is 0 Å². The lowest BCUT2D eigenvalue weighted by molar-refractivity contribution is 0.0787. The molecule has 0 unspecified atom stereocenters. The van der Waals surface area contributed by atoms with E-state index in [1.807, 2.05) is 12.3 Å². The first-order valence-electron chi connectivity index (χ1n) is 4.72. The number of thioether (sulfide) groups is 1. The van der Waals surface area contributed by atoms with E-state index < -0.39 is 0 Å². The molecule has 0 radical (unpaired) electrons. The first-order chi connectivity index (χ1) is 7.22. The maximum atomic E-state index is 5.94. The Bertz CT molecular complexity index is 355. The highest BCUT2D eigenvalue weighted by Gasteiger charge is 2.26. The van der Waals surface area contributed by atoms with E-state index in [0.717, 1.165) is 23.8 Å². The summed E-state index contributed by atoms with van der Waals surface area (Å²) in [7, 11) is 1.74. The van der Waals surface area contributed by atoms with Gasteiger partial charge in [-0.25, -0.2) is 4.98 Å². The summed E-state index contributed by atoms with van der Waals surface area (Å²) in [6.07, 6.45) is 2.35. The van der Waals surface area contributed by atoms with Gasteiger partial charge in [-0.05, 0) is 18.4 Å². The van der Waals surface area contributed by atoms with Crippen LogP contribution in [0.25, 0.3) is 0 Å². The fraction of sp³-hybridized carbons (Fsp3) is 0.500. The molecule has 1 aliphatic rings. The maximum Gasteiger partial charge on any atom is 0.132 e. The van der Waals surface area contributed by atoms with Gasteiger partial charge in [0.2, 0.25) is 0 Å². The van der Waals surface area contributed by atoms with Gasteiger partial charge in [-0.1, -0.05) is 11.6 Å². The highest BCUT2D eigenvalue weighted by molar-refractivity contribution is 7.98. The molecule has 1 aromatic heterocycles. The number of ether oxygens (including phenoxy) is 1. The normalized spacial score (nSPS) is 16.6. The Balaban J connectivity index is 2.12. The largest absolute Gasteiger partial charge is 0.378 e. The van der Waals surface area contributed by atoms with Gasteiger partial charge in [0, 0.05) is 25.9 Å². The molecule has 1 saturated heterocycles. The molecule has 0 bridgehead atoms. The van der Waals surface area contributed by atoms with Crippen molar-refractivity contribution in [3.05, 3.63) is 17.3 Å². The summed E-state index contributed by atoms with van der Waals surface area (Å²) >= 11 is 7.54. The molecule has 1 fully saturated rings. The van der Waals surface area contributed by atoms with E-state index in [-0.39, 0.29) is 0 Å². The summed E-state index contributed by atoms with van der Waals surface area (Å²) < 4.78 is 5.23. The van der Waals surface area contributed by atoms with Gasteiger partial charge >= 0.3 is 0 Å². The summed E-state index contributed by atoms with van der Waals surface area (Å²) in [6.45, 7) is 1.87. The molecule has 15 heavy (non-hydrogen) atoms. The molecule has 0 atom stereocenters. The van der Waals surface area contributed by atoms with Crippen LogP contribution in [0.3, 0.4) is 0 Å². The van der Waals surface area contributed by atoms with Gasteiger partial charge in [0.25, 0.3) is 0 Å². The second-order valence-corrected chi connectivity index (χ2v) is 4.67. The predicted octanol–water partition coefficient (Wildman–Crippen LogP) is 2.29. The van der Waals surface area contributed by atoms with Crippen LogP contribution in [-0.2, 0) is 4.74 Å². The van der Waals surface area contributed by atoms with Crippen molar-refractivity contribution in [1.82, 2.24) is 4.98 Å². The Labute approximate surface area is 98.8 Å². The van der Waals surface area contributed by atoms with Crippen molar-refractivity contribution in [1.29, 1.82) is 0 Å². The number of aromatic nitrogens is 1. The summed E-state index contributed by atoms with van der Waals surface area (Å²) in [5.41, 5.74) is 1.13. The van der Waals surface area contributed by atoms with Crippen LogP contribution in [0.15, 0.2) is 17.2 Å². The molecule has 1 aliphatic heterocycles. The molecule has 0 amide bonds. The number of hydrogen-bond donors (Lipinski definition) is 0. The predicted molar refractivity (Wildman–Crippen MR) is 64.0 cm³/mol. The Morgan fingerprint density at radius 3 is 2.87 bits per heavy atom. The number of halogens is 1. The lowest BCUT2D eigenvalue weighted by Crippen LogP contribution is -2.51. The van der Waals surface area contributed by atoms with Crippen molar-refractivity contribution in [3.63, 3.8) is 0 Å². The Hall–Kier alpha value is -0.450. The summed E-state index contributed by atoms with van der Waals surface area (Å²) in [6, 6.07) is 3.95. The van der Waals surface area contributed by atoms with Gasteiger partial charge in [0.05, 0.1) is 11.1 Å². The molecule has 0 aromatic carbocycles. The lowest BCUT2D eigenvalue weighted by atomic mass is 10.1. The molecule has 0 N–H and O–H groups in total. The highest BCUT2D eigenvalue weighted by Crippen LogP contribution is 2.27. The van der Waals surface area contributed by atoms with Crippen molar-refractivity contribution in [2.75, 3.05) is 31.4 Å². The highest BCUT2D eigenvalue weighted by atomic mass is 35.5. The quantitative estimate of drug-likeness (QED) is 0.602. The minimum Gasteiger partial charge on any atom is -0.378 e. The van der Waals surface area contributed by atoms with Gasteiger partial charge in [-0.15, -0.1) is 11.8 Å². The number of anilines is 1. The lowest BCUT2D eigenvalue weighted by Gasteiger charge is -2.40. The van der Waals surface area contributed by atoms with E-state index in [9.17, 15) is 0 Å². The van der Waals surface area contributed by atoms with Crippen LogP contribution in [0.5, 0.6) is 0 Å². The number of pyridine rings is 1. The summed E-state index contributed by atoms with van der Waals surface area (Å²) in [4.78, 5) is 6.44. The van der Waals surface area contributed by atoms with E-state index in [0.29, 0.717) is 11.3 Å². The third kappa shape index (κ3) is 2.38. The third-order valence-electron chi connectivity index (χ3n) is 2.51. The molecule has 1 aromatic rings. The fourth-order valence-electron chi connectivity index (χ4n) is 1.55. The molecule has 82 valence electrons. The van der Waals surface area contributed by atoms with Gasteiger partial charge in [0.1, 0.15) is 5.15 Å². The first-order valence-corrected chi connectivity index (χ1v) is 6.32. The second-order valence-electron chi connectivity index (χ2n) is 3.45. The minimum atomic E-state index is 0.356. The SMILES string of the molecule is COC1CN(c2cc(Cl)nc(SC)c2)C1. The number of rotatable bonds is 3. The van der Waals surface area contributed by atoms with Gasteiger partial charge in [-0.3, -0.25) is 0 Å². The molecule has 2 rings (SSSR count). The molecule has 0 aliphatic carbocycles. The van der Waals surface area contributed by atoms with Crippen molar-refractivity contribution >= 4 is 29.1 Å². The Morgan fingerprint density at radius 1 is 1.53 bits per heavy atom. The third-order valence-corrected chi connectivity index (χ3v) is 3.33. The van der Waals surface area contributed by atoms with Crippen LogP contribution in [0.1, 0.15) is 0 Å². The van der Waals surface area contributed by atoms with Crippen molar-refractivity contribution in [2.45, 2.75) is 11.1 Å². The maximum absolute atomic E-state index is 5.94. The smallest absolute Gasteiger partial charge is 0.132 e. The topological polar surface area (TPSA) is 25.4 Å². The average Bonchev–Trinajstić information content (AvgIpc) is 2.15. The van der Waals surface area contributed by atoms with E-state index >= 15 is 0 Å². The fourth-order valence-corrected chi connectivity index (χ4v) is 2.23. The van der Waals surface area contributed by atoms with E-state index in [2.05, 4.69) is 16.0 Å². The molecule has 0 saturated carbocycles. The molecule has 5 heteroatoms. The number of hydrogen-bond acceptors (Lipinski definition) is 4. The van der Waals surface area contributed by atoms with Crippen LogP contribution in [0.4, 0.5) is 5.69 Å². The molecule has 2 heterocycles. The standard InChI is InChI=1S/C10H13ClN2OS/c1-14-8-5-13(6-8)7-3-9(11)12-10(4-7)15-2/h3-4,8H,5-6H2,1-2H3. The molecule has 0 spiro atoms. The zero-order valence-corrected chi connectivity index (χ0v) is 10.3. The monoisotopic (exact) mass is 244 g/mol. The zero-order valence-electron chi connectivity index (χ0n) is 8.74. The van der Waals surface area contributed by atoms with Gasteiger partial charge in [0.15, 0.2) is 0 Å². The van der Waals surface area contributed by atoms with Crippen LogP contribution in [0, 0.1) is 0 Å². The minimum absolute atomic E-state index is 0.356. The van der Waals surface area contributed by atoms with Crippen molar-refractivity contribution in [2.24, 2.45) is 0 Å². The van der Waals surface area contributed by atoms with Crippen molar-refractivity contribution < 1.29 is 4.74 Å². The van der Waals surface area contributed by atoms with Crippen LogP contribution >= 0.6 is 23.4 Å². The average molecular weight is 245 g/mol. The zero-order chi connectivity index (χ0) is 10.8. The molecular weight excluding hydrogens is 232 g/mol. The molecular formula is C10H13ClN2OS. The second kappa shape index (κ2) is 4.60. The van der Waals surface area contributed by atoms with Crippen LogP contribution in [-0.4, -0.2) is 37.5 Å². The van der Waals surface area contributed by atoms with Crippen LogP contribution < -0.4 is 4.90 Å². The van der Waals surface area contributed by atoms with Crippen LogP contribution in [0.2, 0.25) is 5.15 Å². The summed E-state index contributed by atoms with van der Waals surface area (Å²) in [5.74, 6) is 0. The van der Waals surface area contributed by atoms with Gasteiger partial charge in [-0.2, -0.15) is 0 Å². The van der Waals surface area contributed by atoms with E-state index in [4.69, 9.17) is 16.3 Å². The Morgan fingerprint density at radius 2 is 2.27 bits per heavy atom. The number of methoxy groups -OCH3 is 1. The first kappa shape index (κ1) is 11.0. The van der Waals surface area contributed by atoms with E-state index in [1.165, 1.54) is 0 Å². The number of nitrogens with zero attached hydrogens (tertiary/aromatic N) is 2. The summed E-state index contributed by atoms with van der Waals surface area (Å²) in [5, 5.41) is 1.51. The van der Waals surface area contributed by atoms with E-state index in [1.54, 1.807) is 18.9 Å². The molecule has 3 nitrogen and oxygen atoms in total. The van der Waals surface area contributed by atoms with Gasteiger partial charge < -0.3 is 9.64 Å². The Kier molecular flexibility index (Phi) is 3.38.